The Bertz CT molecular complexity index is 670. The maximum Gasteiger partial charge on any atom is 0.171 e. The lowest BCUT2D eigenvalue weighted by Crippen LogP contribution is -2.15. The first-order valence-electron chi connectivity index (χ1n) is 6.36. The summed E-state index contributed by atoms with van der Waals surface area (Å²) in [6.45, 7) is 2.33. The maximum absolute atomic E-state index is 11.7. The fraction of sp³-hybridized carbons (Fsp3) is 0.267. The van der Waals surface area contributed by atoms with Crippen LogP contribution in [0.2, 0.25) is 0 Å². The van der Waals surface area contributed by atoms with Crippen LogP contribution in [0.4, 0.5) is 10.7 Å². The molecule has 0 saturated heterocycles. The molecule has 0 saturated carbocycles. The summed E-state index contributed by atoms with van der Waals surface area (Å²) in [6, 6.07) is 8.21. The van der Waals surface area contributed by atoms with Crippen molar-refractivity contribution >= 4 is 55.5 Å². The van der Waals surface area contributed by atoms with Crippen LogP contribution in [0.3, 0.4) is 0 Å². The molecule has 3 nitrogen and oxygen atoms in total. The number of hydrogen-bond donors (Lipinski definition) is 1. The second-order valence-corrected chi connectivity index (χ2v) is 7.46. The second kappa shape index (κ2) is 6.85. The number of Topliss-reactive ketones (excluding diaryl/α,β-unsaturated/α-hetero) is 1. The van der Waals surface area contributed by atoms with Gasteiger partial charge in [0.2, 0.25) is 0 Å². The molecule has 0 aliphatic carbocycles. The fourth-order valence-corrected chi connectivity index (χ4v) is 4.62. The van der Waals surface area contributed by atoms with E-state index in [2.05, 4.69) is 33.0 Å². The Labute approximate surface area is 141 Å². The van der Waals surface area contributed by atoms with Gasteiger partial charge in [0.1, 0.15) is 5.00 Å². The monoisotopic (exact) mass is 384 g/mol. The number of benzene rings is 1. The number of thioether (sulfide) groups is 1. The van der Waals surface area contributed by atoms with Crippen molar-refractivity contribution in [2.75, 3.05) is 23.9 Å². The minimum absolute atomic E-state index is 0.0231. The number of nitrogen functional groups attached to an aromatic ring is 1. The summed E-state index contributed by atoms with van der Waals surface area (Å²) in [4.78, 5) is 15.4. The molecule has 6 heteroatoms. The third-order valence-electron chi connectivity index (χ3n) is 3.06. The molecule has 21 heavy (non-hydrogen) atoms. The zero-order valence-corrected chi connectivity index (χ0v) is 15.4. The summed E-state index contributed by atoms with van der Waals surface area (Å²) in [5.74, 6) is 0.0231. The molecule has 1 heterocycles. The summed E-state index contributed by atoms with van der Waals surface area (Å²) < 4.78 is 1.06. The molecule has 1 aromatic heterocycles. The van der Waals surface area contributed by atoms with Crippen LogP contribution in [0.15, 0.2) is 33.6 Å². The number of anilines is 2. The molecule has 0 unspecified atom stereocenters. The van der Waals surface area contributed by atoms with E-state index in [9.17, 15) is 4.79 Å². The minimum atomic E-state index is 0.0231. The fourth-order valence-electron chi connectivity index (χ4n) is 2.11. The Morgan fingerprint density at radius 2 is 2.19 bits per heavy atom. The van der Waals surface area contributed by atoms with Gasteiger partial charge in [0, 0.05) is 25.0 Å². The van der Waals surface area contributed by atoms with Gasteiger partial charge in [-0.1, -0.05) is 28.1 Å². The second-order valence-electron chi connectivity index (χ2n) is 4.73. The Kier molecular flexibility index (Phi) is 5.35. The molecule has 2 aromatic rings. The quantitative estimate of drug-likeness (QED) is 0.601. The molecule has 0 atom stereocenters. The Morgan fingerprint density at radius 3 is 2.76 bits per heavy atom. The van der Waals surface area contributed by atoms with Gasteiger partial charge in [0.25, 0.3) is 0 Å². The number of carbonyl (C=O) groups excluding carboxylic acids is 1. The third kappa shape index (κ3) is 3.62. The van der Waals surface area contributed by atoms with Crippen LogP contribution in [-0.4, -0.2) is 19.1 Å². The van der Waals surface area contributed by atoms with E-state index in [-0.39, 0.29) is 5.78 Å². The predicted octanol–water partition coefficient (Wildman–Crippen LogP) is 4.65. The van der Waals surface area contributed by atoms with Crippen LogP contribution >= 0.6 is 39.0 Å². The van der Waals surface area contributed by atoms with Gasteiger partial charge in [-0.15, -0.1) is 23.1 Å². The highest BCUT2D eigenvalue weighted by Crippen LogP contribution is 2.43. The third-order valence-corrected chi connectivity index (χ3v) is 5.93. The van der Waals surface area contributed by atoms with Crippen LogP contribution in [0.5, 0.6) is 0 Å². The van der Waals surface area contributed by atoms with Gasteiger partial charge in [0.05, 0.1) is 15.5 Å². The summed E-state index contributed by atoms with van der Waals surface area (Å²) >= 11 is 6.54. The van der Waals surface area contributed by atoms with Gasteiger partial charge >= 0.3 is 0 Å². The Morgan fingerprint density at radius 1 is 1.48 bits per heavy atom. The van der Waals surface area contributed by atoms with Gasteiger partial charge < -0.3 is 10.6 Å². The zero-order valence-electron chi connectivity index (χ0n) is 12.1. The molecule has 0 spiro atoms. The van der Waals surface area contributed by atoms with Gasteiger partial charge in [-0.2, -0.15) is 0 Å². The first-order chi connectivity index (χ1) is 9.93. The normalized spacial score (nSPS) is 10.7. The van der Waals surface area contributed by atoms with Crippen LogP contribution in [0.1, 0.15) is 22.2 Å². The van der Waals surface area contributed by atoms with Gasteiger partial charge in [-0.05, 0) is 24.0 Å². The van der Waals surface area contributed by atoms with Crippen molar-refractivity contribution in [3.63, 3.8) is 0 Å². The van der Waals surface area contributed by atoms with E-state index in [0.29, 0.717) is 10.6 Å². The molecule has 0 radical (unpaired) electrons. The van der Waals surface area contributed by atoms with E-state index in [0.717, 1.165) is 20.9 Å². The molecule has 0 amide bonds. The van der Waals surface area contributed by atoms with Crippen molar-refractivity contribution in [2.45, 2.75) is 18.4 Å². The molecule has 0 aliphatic rings. The average molecular weight is 385 g/mol. The molecule has 2 N–H and O–H groups in total. The lowest BCUT2D eigenvalue weighted by Gasteiger charge is -2.19. The Hall–Kier alpha value is -0.980. The van der Waals surface area contributed by atoms with Crippen LogP contribution in [-0.2, 0) is 6.54 Å². The summed E-state index contributed by atoms with van der Waals surface area (Å²) in [5.41, 5.74) is 7.92. The molecular weight excluding hydrogens is 368 g/mol. The topological polar surface area (TPSA) is 46.3 Å². The standard InChI is InChI=1S/C15H17BrN2OS2/c1-9(19)13-12(17)14(20-3)15(21-13)18(2)8-10-5-4-6-11(16)7-10/h4-7H,8,17H2,1-3H3. The molecule has 0 aliphatic heterocycles. The van der Waals surface area contributed by atoms with Crippen LogP contribution in [0, 0.1) is 0 Å². The largest absolute Gasteiger partial charge is 0.396 e. The van der Waals surface area contributed by atoms with Crippen molar-refractivity contribution in [3.05, 3.63) is 39.2 Å². The van der Waals surface area contributed by atoms with Crippen molar-refractivity contribution in [1.82, 2.24) is 0 Å². The summed E-state index contributed by atoms with van der Waals surface area (Å²) in [5, 5.41) is 1.05. The van der Waals surface area contributed by atoms with E-state index in [4.69, 9.17) is 5.73 Å². The zero-order chi connectivity index (χ0) is 15.6. The smallest absolute Gasteiger partial charge is 0.171 e. The highest BCUT2D eigenvalue weighted by atomic mass is 79.9. The van der Waals surface area contributed by atoms with Gasteiger partial charge in [0.15, 0.2) is 5.78 Å². The van der Waals surface area contributed by atoms with Crippen molar-refractivity contribution in [3.8, 4) is 0 Å². The highest BCUT2D eigenvalue weighted by Gasteiger charge is 2.20. The van der Waals surface area contributed by atoms with Crippen molar-refractivity contribution in [1.29, 1.82) is 0 Å². The summed E-state index contributed by atoms with van der Waals surface area (Å²) in [7, 11) is 2.02. The number of nitrogens with two attached hydrogens (primary N) is 1. The van der Waals surface area contributed by atoms with Gasteiger partial charge in [-0.3, -0.25) is 4.79 Å². The van der Waals surface area contributed by atoms with Crippen LogP contribution < -0.4 is 10.6 Å². The van der Waals surface area contributed by atoms with E-state index < -0.39 is 0 Å². The van der Waals surface area contributed by atoms with Crippen molar-refractivity contribution in [2.24, 2.45) is 0 Å². The average Bonchev–Trinajstić information content (AvgIpc) is 2.75. The minimum Gasteiger partial charge on any atom is -0.396 e. The Balaban J connectivity index is 2.32. The lowest BCUT2D eigenvalue weighted by molar-refractivity contribution is 0.102. The first kappa shape index (κ1) is 16.4. The molecule has 0 bridgehead atoms. The van der Waals surface area contributed by atoms with Crippen molar-refractivity contribution < 1.29 is 4.79 Å². The molecule has 1 aromatic carbocycles. The number of thiophene rings is 1. The van der Waals surface area contributed by atoms with E-state index >= 15 is 0 Å². The predicted molar refractivity (Wildman–Crippen MR) is 96.8 cm³/mol. The number of carbonyl (C=O) groups is 1. The maximum atomic E-state index is 11.7. The number of rotatable bonds is 5. The molecule has 2 rings (SSSR count). The number of nitrogens with zero attached hydrogens (tertiary/aromatic N) is 1. The molecule has 112 valence electrons. The SMILES string of the molecule is CSc1c(N(C)Cc2cccc(Br)c2)sc(C(C)=O)c1N. The highest BCUT2D eigenvalue weighted by molar-refractivity contribution is 9.10. The number of hydrogen-bond acceptors (Lipinski definition) is 5. The van der Waals surface area contributed by atoms with Crippen LogP contribution in [0.25, 0.3) is 0 Å². The van der Waals surface area contributed by atoms with Gasteiger partial charge in [-0.25, -0.2) is 0 Å². The van der Waals surface area contributed by atoms with E-state index in [1.54, 1.807) is 18.7 Å². The first-order valence-corrected chi connectivity index (χ1v) is 9.20. The summed E-state index contributed by atoms with van der Waals surface area (Å²) in [6.07, 6.45) is 1.98. The lowest BCUT2D eigenvalue weighted by atomic mass is 10.2. The molecular formula is C15H17BrN2OS2. The molecule has 0 fully saturated rings. The van der Waals surface area contributed by atoms with E-state index in [1.165, 1.54) is 16.9 Å². The number of ketones is 1. The number of halogens is 1. The van der Waals surface area contributed by atoms with E-state index in [1.807, 2.05) is 25.4 Å².